The van der Waals surface area contributed by atoms with E-state index in [1.165, 1.54) is 0 Å². The number of fused-ring (bicyclic) bond motifs is 1. The first-order chi connectivity index (χ1) is 10.9. The first-order valence-electron chi connectivity index (χ1n) is 9.19. The Morgan fingerprint density at radius 3 is 2.17 bits per heavy atom. The minimum Gasteiger partial charge on any atom is -0.396 e. The van der Waals surface area contributed by atoms with Crippen LogP contribution in [0.25, 0.3) is 0 Å². The van der Waals surface area contributed by atoms with Crippen LogP contribution in [0.15, 0.2) is 0 Å². The Labute approximate surface area is 147 Å². The van der Waals surface area contributed by atoms with Crippen molar-refractivity contribution in [1.29, 1.82) is 0 Å². The van der Waals surface area contributed by atoms with Gasteiger partial charge in [-0.2, -0.15) is 0 Å². The van der Waals surface area contributed by atoms with Crippen LogP contribution in [0.3, 0.4) is 0 Å². The zero-order valence-corrected chi connectivity index (χ0v) is 17.3. The van der Waals surface area contributed by atoms with Gasteiger partial charge >= 0.3 is 8.56 Å². The van der Waals surface area contributed by atoms with Gasteiger partial charge < -0.3 is 23.8 Å². The first kappa shape index (κ1) is 20.3. The van der Waals surface area contributed by atoms with Crippen molar-refractivity contribution >= 4 is 8.56 Å². The predicted molar refractivity (Wildman–Crippen MR) is 96.2 cm³/mol. The molecule has 2 fully saturated rings. The Kier molecular flexibility index (Phi) is 5.90. The molecule has 2 N–H and O–H groups in total. The van der Waals surface area contributed by atoms with Gasteiger partial charge in [0, 0.05) is 23.1 Å². The molecule has 2 aliphatic rings. The van der Waals surface area contributed by atoms with Crippen LogP contribution in [0, 0.1) is 5.92 Å². The van der Waals surface area contributed by atoms with Crippen LogP contribution in [0.1, 0.15) is 61.3 Å². The largest absolute Gasteiger partial charge is 0.396 e. The molecule has 0 radical (unpaired) electrons. The maximum atomic E-state index is 10.6. The third-order valence-corrected chi connectivity index (χ3v) is 10.6. The lowest BCUT2D eigenvalue weighted by atomic mass is 9.89. The van der Waals surface area contributed by atoms with Crippen molar-refractivity contribution in [2.45, 2.75) is 95.8 Å². The topological polar surface area (TPSA) is 68.2 Å². The second kappa shape index (κ2) is 6.97. The summed E-state index contributed by atoms with van der Waals surface area (Å²) >= 11 is 0. The summed E-state index contributed by atoms with van der Waals surface area (Å²) in [4.78, 5) is 0. The molecule has 5 atom stereocenters. The molecule has 142 valence electrons. The van der Waals surface area contributed by atoms with E-state index in [4.69, 9.17) is 18.7 Å². The van der Waals surface area contributed by atoms with E-state index in [0.717, 1.165) is 0 Å². The molecule has 2 rings (SSSR count). The Hall–Kier alpha value is 0.0169. The van der Waals surface area contributed by atoms with Crippen LogP contribution in [0.4, 0.5) is 0 Å². The van der Waals surface area contributed by atoms with E-state index in [-0.39, 0.29) is 40.9 Å². The SMILES string of the molecule is C[C@@H](CCO)[C@@H]1O[C@@H]2CO[Si](C(C)(C)C)(C(C)(C)C)O[C@@H]2C[C@@H]1O. The highest BCUT2D eigenvalue weighted by Gasteiger charge is 2.63. The second-order valence-electron chi connectivity index (χ2n) is 9.52. The van der Waals surface area contributed by atoms with Crippen molar-refractivity contribution in [2.24, 2.45) is 5.92 Å². The summed E-state index contributed by atoms with van der Waals surface area (Å²) in [5.74, 6) is 0.111. The lowest BCUT2D eigenvalue weighted by molar-refractivity contribution is -0.211. The van der Waals surface area contributed by atoms with Gasteiger partial charge in [0.2, 0.25) is 0 Å². The van der Waals surface area contributed by atoms with Gasteiger partial charge in [0.05, 0.1) is 24.9 Å². The Balaban J connectivity index is 2.18. The Morgan fingerprint density at radius 2 is 1.67 bits per heavy atom. The standard InChI is InChI=1S/C18H36O5Si/c1-12(8-9-19)16-13(20)10-14-15(22-16)11-21-24(23-14,17(2,3)4)18(5,6)7/h12-16,19-20H,8-11H2,1-7H3/t12-,13-,14+,15+,16-/m0/s1. The minimum atomic E-state index is -2.52. The van der Waals surface area contributed by atoms with E-state index in [0.29, 0.717) is 19.4 Å². The molecule has 6 heteroatoms. The number of ether oxygens (including phenoxy) is 1. The highest BCUT2D eigenvalue weighted by atomic mass is 28.4. The fourth-order valence-electron chi connectivity index (χ4n) is 4.41. The van der Waals surface area contributed by atoms with Gasteiger partial charge in [-0.25, -0.2) is 0 Å². The summed E-state index contributed by atoms with van der Waals surface area (Å²) < 4.78 is 19.2. The van der Waals surface area contributed by atoms with Crippen LogP contribution < -0.4 is 0 Å². The zero-order valence-electron chi connectivity index (χ0n) is 16.3. The maximum Gasteiger partial charge on any atom is 0.349 e. The molecule has 0 saturated carbocycles. The third kappa shape index (κ3) is 3.59. The predicted octanol–water partition coefficient (Wildman–Crippen LogP) is 2.98. The zero-order chi connectivity index (χ0) is 18.3. The van der Waals surface area contributed by atoms with Crippen molar-refractivity contribution in [2.75, 3.05) is 13.2 Å². The molecule has 0 aliphatic carbocycles. The van der Waals surface area contributed by atoms with Gasteiger partial charge in [0.15, 0.2) is 0 Å². The first-order valence-corrected chi connectivity index (χ1v) is 11.0. The van der Waals surface area contributed by atoms with E-state index < -0.39 is 14.7 Å². The average molecular weight is 361 g/mol. The highest BCUT2D eigenvalue weighted by Crippen LogP contribution is 2.55. The molecule has 2 heterocycles. The third-order valence-electron chi connectivity index (χ3n) is 5.49. The van der Waals surface area contributed by atoms with Gasteiger partial charge in [-0.15, -0.1) is 0 Å². The van der Waals surface area contributed by atoms with Gasteiger partial charge in [0.1, 0.15) is 6.10 Å². The molecule has 0 bridgehead atoms. The number of aliphatic hydroxyl groups excluding tert-OH is 2. The summed E-state index contributed by atoms with van der Waals surface area (Å²) in [6.45, 7) is 15.8. The molecule has 0 aromatic heterocycles. The molecule has 0 amide bonds. The van der Waals surface area contributed by atoms with E-state index in [9.17, 15) is 5.11 Å². The highest BCUT2D eigenvalue weighted by molar-refractivity contribution is 6.73. The summed E-state index contributed by atoms with van der Waals surface area (Å²) in [6.07, 6.45) is 0.140. The van der Waals surface area contributed by atoms with Crippen LogP contribution in [-0.2, 0) is 13.6 Å². The van der Waals surface area contributed by atoms with Crippen LogP contribution in [0.5, 0.6) is 0 Å². The van der Waals surface area contributed by atoms with Crippen LogP contribution in [-0.4, -0.2) is 56.4 Å². The Morgan fingerprint density at radius 1 is 1.08 bits per heavy atom. The van der Waals surface area contributed by atoms with Crippen molar-refractivity contribution in [3.8, 4) is 0 Å². The molecular weight excluding hydrogens is 324 g/mol. The lowest BCUT2D eigenvalue weighted by Crippen LogP contribution is -2.67. The molecule has 2 saturated heterocycles. The lowest BCUT2D eigenvalue weighted by Gasteiger charge is -2.56. The van der Waals surface area contributed by atoms with Crippen molar-refractivity contribution in [3.63, 3.8) is 0 Å². The maximum absolute atomic E-state index is 10.6. The van der Waals surface area contributed by atoms with E-state index in [1.807, 2.05) is 6.92 Å². The normalized spacial score (nSPS) is 35.4. The van der Waals surface area contributed by atoms with E-state index in [1.54, 1.807) is 0 Å². The molecule has 5 nitrogen and oxygen atoms in total. The van der Waals surface area contributed by atoms with Gasteiger partial charge in [-0.1, -0.05) is 48.5 Å². The number of hydrogen-bond donors (Lipinski definition) is 2. The van der Waals surface area contributed by atoms with Crippen molar-refractivity contribution in [1.82, 2.24) is 0 Å². The summed E-state index contributed by atoms with van der Waals surface area (Å²) in [6, 6.07) is 0. The quantitative estimate of drug-likeness (QED) is 0.757. The minimum absolute atomic E-state index is 0.0673. The summed E-state index contributed by atoms with van der Waals surface area (Å²) in [5.41, 5.74) is 0. The molecule has 0 spiro atoms. The van der Waals surface area contributed by atoms with E-state index >= 15 is 0 Å². The number of rotatable bonds is 3. The number of hydrogen-bond acceptors (Lipinski definition) is 5. The molecule has 2 aliphatic heterocycles. The Bertz CT molecular complexity index is 414. The van der Waals surface area contributed by atoms with E-state index in [2.05, 4.69) is 41.5 Å². The fraction of sp³-hybridized carbons (Fsp3) is 1.00. The number of aliphatic hydroxyl groups is 2. The van der Waals surface area contributed by atoms with Gasteiger partial charge in [-0.05, 0) is 12.3 Å². The fourth-order valence-corrected chi connectivity index (χ4v) is 9.38. The second-order valence-corrected chi connectivity index (χ2v) is 14.3. The van der Waals surface area contributed by atoms with Gasteiger partial charge in [0.25, 0.3) is 0 Å². The van der Waals surface area contributed by atoms with Crippen LogP contribution in [0.2, 0.25) is 10.1 Å². The molecular formula is C18H36O5Si. The molecule has 0 aromatic carbocycles. The molecule has 24 heavy (non-hydrogen) atoms. The monoisotopic (exact) mass is 360 g/mol. The molecule has 0 aromatic rings. The molecule has 0 unspecified atom stereocenters. The van der Waals surface area contributed by atoms with Crippen molar-refractivity contribution in [3.05, 3.63) is 0 Å². The smallest absolute Gasteiger partial charge is 0.349 e. The van der Waals surface area contributed by atoms with Crippen molar-refractivity contribution < 1.29 is 23.8 Å². The summed E-state index contributed by atoms with van der Waals surface area (Å²) in [7, 11) is -2.52. The van der Waals surface area contributed by atoms with Gasteiger partial charge in [-0.3, -0.25) is 0 Å². The van der Waals surface area contributed by atoms with Crippen LogP contribution >= 0.6 is 0 Å². The summed E-state index contributed by atoms with van der Waals surface area (Å²) in [5, 5.41) is 19.6. The average Bonchev–Trinajstić information content (AvgIpc) is 2.43.